The van der Waals surface area contributed by atoms with Gasteiger partial charge >= 0.3 is 0 Å². The van der Waals surface area contributed by atoms with Gasteiger partial charge in [-0.1, -0.05) is 0 Å². The first-order chi connectivity index (χ1) is 10.5. The molecule has 0 bridgehead atoms. The Balaban J connectivity index is 0.00000264. The van der Waals surface area contributed by atoms with Gasteiger partial charge in [-0.05, 0) is 13.8 Å². The number of nitrogens with zero attached hydrogens (tertiary/aromatic N) is 4. The molecule has 23 heavy (non-hydrogen) atoms. The minimum absolute atomic E-state index is 0. The molecule has 2 aromatic heterocycles. The fourth-order valence-corrected chi connectivity index (χ4v) is 2.51. The van der Waals surface area contributed by atoms with Gasteiger partial charge in [-0.2, -0.15) is 0 Å². The van der Waals surface area contributed by atoms with E-state index in [4.69, 9.17) is 4.42 Å². The summed E-state index contributed by atoms with van der Waals surface area (Å²) in [5, 5.41) is 9.43. The number of thiazole rings is 1. The molecule has 0 aromatic carbocycles. The largest absolute Gasteiger partial charge is 0.444 e. The molecule has 2 N–H and O–H groups in total. The van der Waals surface area contributed by atoms with Gasteiger partial charge in [-0.3, -0.25) is 4.99 Å². The van der Waals surface area contributed by atoms with Crippen molar-refractivity contribution in [3.8, 4) is 0 Å². The van der Waals surface area contributed by atoms with Gasteiger partial charge in [0.25, 0.3) is 0 Å². The average Bonchev–Trinajstić information content (AvgIpc) is 3.07. The third-order valence-corrected chi connectivity index (χ3v) is 4.12. The second-order valence-corrected chi connectivity index (χ2v) is 5.88. The molecule has 2 rings (SSSR count). The van der Waals surface area contributed by atoms with E-state index in [1.54, 1.807) is 18.4 Å². The topological polar surface area (TPSA) is 78.6 Å². The van der Waals surface area contributed by atoms with E-state index in [9.17, 15) is 0 Å². The van der Waals surface area contributed by atoms with Gasteiger partial charge in [0.1, 0.15) is 5.76 Å². The summed E-state index contributed by atoms with van der Waals surface area (Å²) in [4.78, 5) is 15.0. The Morgan fingerprint density at radius 2 is 1.96 bits per heavy atom. The Labute approximate surface area is 157 Å². The number of aromatic nitrogens is 2. The number of hydrogen-bond donors (Lipinski definition) is 2. The van der Waals surface area contributed by atoms with E-state index in [1.165, 1.54) is 0 Å². The summed E-state index contributed by atoms with van der Waals surface area (Å²) < 4.78 is 5.53. The van der Waals surface area contributed by atoms with Crippen LogP contribution in [0, 0.1) is 13.8 Å². The van der Waals surface area contributed by atoms with Gasteiger partial charge in [0.2, 0.25) is 5.89 Å². The molecule has 0 spiro atoms. The lowest BCUT2D eigenvalue weighted by Gasteiger charge is -2.09. The number of hydrogen-bond acceptors (Lipinski definition) is 6. The van der Waals surface area contributed by atoms with Crippen molar-refractivity contribution in [1.29, 1.82) is 0 Å². The number of nitrogens with one attached hydrogen (secondary N) is 2. The van der Waals surface area contributed by atoms with E-state index in [-0.39, 0.29) is 24.0 Å². The van der Waals surface area contributed by atoms with Crippen molar-refractivity contribution in [1.82, 2.24) is 20.6 Å². The van der Waals surface area contributed by atoms with Gasteiger partial charge < -0.3 is 20.0 Å². The van der Waals surface area contributed by atoms with E-state index in [0.717, 1.165) is 22.3 Å². The molecule has 128 valence electrons. The molecule has 9 heteroatoms. The first kappa shape index (κ1) is 19.7. The van der Waals surface area contributed by atoms with Crippen LogP contribution in [0.1, 0.15) is 23.0 Å². The first-order valence-corrected chi connectivity index (χ1v) is 7.86. The lowest BCUT2D eigenvalue weighted by atomic mass is 10.4. The number of aryl methyl sites for hydroxylation is 2. The smallest absolute Gasteiger partial charge is 0.214 e. The Bertz CT molecular complexity index is 632. The molecule has 0 amide bonds. The summed E-state index contributed by atoms with van der Waals surface area (Å²) >= 11 is 1.62. The summed E-state index contributed by atoms with van der Waals surface area (Å²) in [5.41, 5.74) is 1.90. The average molecular weight is 450 g/mol. The quantitative estimate of drug-likeness (QED) is 0.414. The van der Waals surface area contributed by atoms with Crippen LogP contribution < -0.4 is 15.5 Å². The molecule has 0 saturated heterocycles. The number of halogens is 1. The normalized spacial score (nSPS) is 11.1. The van der Waals surface area contributed by atoms with E-state index >= 15 is 0 Å². The van der Waals surface area contributed by atoms with Crippen molar-refractivity contribution in [3.63, 3.8) is 0 Å². The van der Waals surface area contributed by atoms with E-state index < -0.39 is 0 Å². The number of guanidine groups is 1. The predicted octanol–water partition coefficient (Wildman–Crippen LogP) is 2.30. The molecule has 2 heterocycles. The summed E-state index contributed by atoms with van der Waals surface area (Å²) in [6.45, 7) is 4.95. The summed E-state index contributed by atoms with van der Waals surface area (Å²) in [6.07, 6.45) is 0. The Kier molecular flexibility index (Phi) is 7.76. The van der Waals surface area contributed by atoms with Gasteiger partial charge in [0, 0.05) is 26.5 Å². The van der Waals surface area contributed by atoms with Gasteiger partial charge in [0.05, 0.1) is 24.5 Å². The lowest BCUT2D eigenvalue weighted by molar-refractivity contribution is 0.463. The van der Waals surface area contributed by atoms with E-state index in [1.807, 2.05) is 38.2 Å². The van der Waals surface area contributed by atoms with Crippen molar-refractivity contribution < 1.29 is 4.42 Å². The third-order valence-electron chi connectivity index (χ3n) is 3.06. The standard InChI is InChI=1S/C14H22N6OS.HI/c1-9-10(2)21-12(18-9)7-17-13(15-3)16-6-11-8-22-14(19-11)20(4)5;/h8H,6-7H2,1-5H3,(H2,15,16,17);1H. The Morgan fingerprint density at radius 3 is 2.48 bits per heavy atom. The SMILES string of the molecule is CN=C(NCc1csc(N(C)C)n1)NCc1nc(C)c(C)o1.I. The van der Waals surface area contributed by atoms with Crippen molar-refractivity contribution in [3.05, 3.63) is 28.4 Å². The molecule has 0 radical (unpaired) electrons. The molecule has 0 aliphatic rings. The van der Waals surface area contributed by atoms with Crippen LogP contribution in [0.5, 0.6) is 0 Å². The predicted molar refractivity (Wildman–Crippen MR) is 105 cm³/mol. The van der Waals surface area contributed by atoms with Crippen LogP contribution in [-0.2, 0) is 13.1 Å². The first-order valence-electron chi connectivity index (χ1n) is 6.98. The molecule has 2 aromatic rings. The summed E-state index contributed by atoms with van der Waals surface area (Å²) in [6, 6.07) is 0. The zero-order valence-electron chi connectivity index (χ0n) is 14.0. The van der Waals surface area contributed by atoms with Gasteiger partial charge in [0.15, 0.2) is 11.1 Å². The van der Waals surface area contributed by atoms with Crippen LogP contribution in [0.4, 0.5) is 5.13 Å². The summed E-state index contributed by atoms with van der Waals surface area (Å²) in [7, 11) is 5.70. The molecule has 0 fully saturated rings. The zero-order valence-corrected chi connectivity index (χ0v) is 17.2. The number of oxazole rings is 1. The zero-order chi connectivity index (χ0) is 16.1. The van der Waals surface area contributed by atoms with Crippen LogP contribution in [0.25, 0.3) is 0 Å². The highest BCUT2D eigenvalue weighted by Gasteiger charge is 2.07. The second-order valence-electron chi connectivity index (χ2n) is 5.04. The van der Waals surface area contributed by atoms with E-state index in [2.05, 4.69) is 25.6 Å². The van der Waals surface area contributed by atoms with Crippen LogP contribution in [0.15, 0.2) is 14.8 Å². The molecule has 0 unspecified atom stereocenters. The molecule has 0 aliphatic carbocycles. The van der Waals surface area contributed by atoms with Crippen molar-refractivity contribution in [2.75, 3.05) is 26.0 Å². The van der Waals surface area contributed by atoms with Crippen LogP contribution in [-0.4, -0.2) is 37.1 Å². The van der Waals surface area contributed by atoms with E-state index in [0.29, 0.717) is 24.9 Å². The second kappa shape index (κ2) is 9.06. The number of anilines is 1. The molecule has 0 aliphatic heterocycles. The highest BCUT2D eigenvalue weighted by atomic mass is 127. The molecule has 0 atom stereocenters. The maximum atomic E-state index is 5.53. The monoisotopic (exact) mass is 450 g/mol. The van der Waals surface area contributed by atoms with Crippen LogP contribution >= 0.6 is 35.3 Å². The molecular formula is C14H23IN6OS. The minimum atomic E-state index is 0. The highest BCUT2D eigenvalue weighted by molar-refractivity contribution is 14.0. The van der Waals surface area contributed by atoms with Gasteiger partial charge in [-0.25, -0.2) is 9.97 Å². The fourth-order valence-electron chi connectivity index (χ4n) is 1.75. The van der Waals surface area contributed by atoms with Crippen molar-refractivity contribution in [2.24, 2.45) is 4.99 Å². The Morgan fingerprint density at radius 1 is 1.26 bits per heavy atom. The maximum absolute atomic E-state index is 5.53. The lowest BCUT2D eigenvalue weighted by Crippen LogP contribution is -2.36. The van der Waals surface area contributed by atoms with Gasteiger partial charge in [-0.15, -0.1) is 35.3 Å². The van der Waals surface area contributed by atoms with Crippen molar-refractivity contribution >= 4 is 46.4 Å². The van der Waals surface area contributed by atoms with Crippen LogP contribution in [0.3, 0.4) is 0 Å². The third kappa shape index (κ3) is 5.65. The number of rotatable bonds is 5. The van der Waals surface area contributed by atoms with Crippen molar-refractivity contribution in [2.45, 2.75) is 26.9 Å². The fraction of sp³-hybridized carbons (Fsp3) is 0.500. The molecular weight excluding hydrogens is 427 g/mol. The van der Waals surface area contributed by atoms with Crippen LogP contribution in [0.2, 0.25) is 0 Å². The molecule has 0 saturated carbocycles. The Hall–Kier alpha value is -1.36. The number of aliphatic imine (C=N–C) groups is 1. The molecule has 7 nitrogen and oxygen atoms in total. The highest BCUT2D eigenvalue weighted by Crippen LogP contribution is 2.17. The maximum Gasteiger partial charge on any atom is 0.214 e. The summed E-state index contributed by atoms with van der Waals surface area (Å²) in [5.74, 6) is 2.19. The minimum Gasteiger partial charge on any atom is -0.444 e.